The predicted molar refractivity (Wildman–Crippen MR) is 78.6 cm³/mol. The number of ether oxygens (including phenoxy) is 1. The fraction of sp³-hybridized carbons (Fsp3) is 0.727. The summed E-state index contributed by atoms with van der Waals surface area (Å²) in [5, 5.41) is 6.62. The molecule has 0 spiro atoms. The van der Waals surface area contributed by atoms with Crippen LogP contribution in [0.15, 0.2) is 17.1 Å². The van der Waals surface area contributed by atoms with E-state index in [4.69, 9.17) is 4.74 Å². The molecule has 0 saturated carbocycles. The second kappa shape index (κ2) is 9.89. The smallest absolute Gasteiger partial charge is 0.191 e. The Kier molecular flexibility index (Phi) is 9.71. The first-order chi connectivity index (χ1) is 7.36. The van der Waals surface area contributed by atoms with Crippen LogP contribution in [-0.4, -0.2) is 38.8 Å². The molecule has 0 aromatic rings. The lowest BCUT2D eigenvalue weighted by atomic mass is 10.2. The molecule has 16 heavy (non-hydrogen) atoms. The van der Waals surface area contributed by atoms with E-state index in [1.165, 1.54) is 0 Å². The summed E-state index contributed by atoms with van der Waals surface area (Å²) in [4.78, 5) is 4.41. The van der Waals surface area contributed by atoms with Gasteiger partial charge in [-0.25, -0.2) is 0 Å². The minimum absolute atomic E-state index is 0. The lowest BCUT2D eigenvalue weighted by Gasteiger charge is -2.16. The SMILES string of the molecule is CCNC(=NCCOC)NC1CC=CC1.I. The number of halogens is 1. The van der Waals surface area contributed by atoms with Crippen LogP contribution in [0, 0.1) is 0 Å². The quantitative estimate of drug-likeness (QED) is 0.263. The van der Waals surface area contributed by atoms with E-state index in [0.717, 1.165) is 25.3 Å². The van der Waals surface area contributed by atoms with E-state index in [0.29, 0.717) is 19.2 Å². The van der Waals surface area contributed by atoms with Crippen LogP contribution in [0.25, 0.3) is 0 Å². The average Bonchev–Trinajstić information content (AvgIpc) is 2.71. The second-order valence-corrected chi connectivity index (χ2v) is 3.54. The van der Waals surface area contributed by atoms with Crippen LogP contribution in [0.3, 0.4) is 0 Å². The van der Waals surface area contributed by atoms with E-state index in [9.17, 15) is 0 Å². The molecule has 0 aromatic carbocycles. The molecule has 4 nitrogen and oxygen atoms in total. The standard InChI is InChI=1S/C11H21N3O.HI/c1-3-12-11(13-8-9-15-2)14-10-6-4-5-7-10;/h4-5,10H,3,6-9H2,1-2H3,(H2,12,13,14);1H. The van der Waals surface area contributed by atoms with Crippen molar-refractivity contribution in [2.75, 3.05) is 26.8 Å². The predicted octanol–water partition coefficient (Wildman–Crippen LogP) is 1.52. The number of aliphatic imine (C=N–C) groups is 1. The normalized spacial score (nSPS) is 16.0. The maximum atomic E-state index is 4.97. The largest absolute Gasteiger partial charge is 0.383 e. The molecule has 0 fully saturated rings. The number of hydrogen-bond donors (Lipinski definition) is 2. The summed E-state index contributed by atoms with van der Waals surface area (Å²) in [5.41, 5.74) is 0. The van der Waals surface area contributed by atoms with Crippen molar-refractivity contribution in [2.24, 2.45) is 4.99 Å². The van der Waals surface area contributed by atoms with Gasteiger partial charge in [-0.05, 0) is 19.8 Å². The summed E-state index contributed by atoms with van der Waals surface area (Å²) in [5.74, 6) is 0.892. The molecule has 94 valence electrons. The van der Waals surface area contributed by atoms with Gasteiger partial charge in [0.1, 0.15) is 0 Å². The fourth-order valence-corrected chi connectivity index (χ4v) is 1.50. The van der Waals surface area contributed by atoms with Crippen LogP contribution in [0.4, 0.5) is 0 Å². The number of rotatable bonds is 5. The molecule has 0 radical (unpaired) electrons. The summed E-state index contributed by atoms with van der Waals surface area (Å²) in [6.07, 6.45) is 6.59. The molecule has 0 atom stereocenters. The molecule has 5 heteroatoms. The summed E-state index contributed by atoms with van der Waals surface area (Å²) in [7, 11) is 1.69. The Morgan fingerprint density at radius 1 is 1.44 bits per heavy atom. The molecular weight excluding hydrogens is 317 g/mol. The van der Waals surface area contributed by atoms with Gasteiger partial charge >= 0.3 is 0 Å². The van der Waals surface area contributed by atoms with Crippen molar-refractivity contribution in [1.82, 2.24) is 10.6 Å². The highest BCUT2D eigenvalue weighted by molar-refractivity contribution is 14.0. The number of nitrogens with zero attached hydrogens (tertiary/aromatic N) is 1. The minimum Gasteiger partial charge on any atom is -0.383 e. The van der Waals surface area contributed by atoms with E-state index in [2.05, 4.69) is 34.7 Å². The van der Waals surface area contributed by atoms with Crippen molar-refractivity contribution in [3.05, 3.63) is 12.2 Å². The zero-order valence-corrected chi connectivity index (χ0v) is 12.4. The molecule has 0 amide bonds. The maximum Gasteiger partial charge on any atom is 0.191 e. The summed E-state index contributed by atoms with van der Waals surface area (Å²) in [6, 6.07) is 0.505. The van der Waals surface area contributed by atoms with Gasteiger partial charge < -0.3 is 15.4 Å². The van der Waals surface area contributed by atoms with E-state index in [1.54, 1.807) is 7.11 Å². The van der Waals surface area contributed by atoms with Crippen LogP contribution >= 0.6 is 24.0 Å². The van der Waals surface area contributed by atoms with Gasteiger partial charge in [-0.1, -0.05) is 12.2 Å². The van der Waals surface area contributed by atoms with E-state index in [1.807, 2.05) is 0 Å². The first-order valence-corrected chi connectivity index (χ1v) is 5.55. The van der Waals surface area contributed by atoms with Gasteiger partial charge in [0.25, 0.3) is 0 Å². The van der Waals surface area contributed by atoms with Crippen molar-refractivity contribution in [3.8, 4) is 0 Å². The molecule has 0 saturated heterocycles. The van der Waals surface area contributed by atoms with Crippen LogP contribution in [0.2, 0.25) is 0 Å². The Bertz CT molecular complexity index is 223. The Morgan fingerprint density at radius 2 is 2.12 bits per heavy atom. The van der Waals surface area contributed by atoms with Crippen LogP contribution in [-0.2, 0) is 4.74 Å². The monoisotopic (exact) mass is 339 g/mol. The van der Waals surface area contributed by atoms with Gasteiger partial charge in [0.2, 0.25) is 0 Å². The van der Waals surface area contributed by atoms with Gasteiger partial charge in [-0.2, -0.15) is 0 Å². The number of methoxy groups -OCH3 is 1. The van der Waals surface area contributed by atoms with Crippen molar-refractivity contribution >= 4 is 29.9 Å². The molecule has 0 heterocycles. The molecule has 0 bridgehead atoms. The van der Waals surface area contributed by atoms with Crippen LogP contribution in [0.5, 0.6) is 0 Å². The molecule has 0 aliphatic heterocycles. The number of hydrogen-bond acceptors (Lipinski definition) is 2. The molecular formula is C11H22IN3O. The topological polar surface area (TPSA) is 45.7 Å². The Hall–Kier alpha value is -0.300. The Balaban J connectivity index is 0.00000225. The maximum absolute atomic E-state index is 4.97. The van der Waals surface area contributed by atoms with E-state index >= 15 is 0 Å². The lowest BCUT2D eigenvalue weighted by molar-refractivity contribution is 0.208. The molecule has 1 rings (SSSR count). The molecule has 1 aliphatic carbocycles. The molecule has 2 N–H and O–H groups in total. The lowest BCUT2D eigenvalue weighted by Crippen LogP contribution is -2.42. The van der Waals surface area contributed by atoms with Gasteiger partial charge in [0.05, 0.1) is 13.2 Å². The molecule has 1 aliphatic rings. The number of guanidine groups is 1. The van der Waals surface area contributed by atoms with Crippen molar-refractivity contribution in [1.29, 1.82) is 0 Å². The van der Waals surface area contributed by atoms with E-state index in [-0.39, 0.29) is 24.0 Å². The van der Waals surface area contributed by atoms with Gasteiger partial charge in [0.15, 0.2) is 5.96 Å². The Labute approximate surface area is 115 Å². The van der Waals surface area contributed by atoms with Crippen LogP contribution < -0.4 is 10.6 Å². The molecule has 0 unspecified atom stereocenters. The first kappa shape index (κ1) is 15.7. The first-order valence-electron chi connectivity index (χ1n) is 5.55. The summed E-state index contributed by atoms with van der Waals surface area (Å²) >= 11 is 0. The Morgan fingerprint density at radius 3 is 2.69 bits per heavy atom. The summed E-state index contributed by atoms with van der Waals surface area (Å²) < 4.78 is 4.97. The van der Waals surface area contributed by atoms with Crippen molar-refractivity contribution in [2.45, 2.75) is 25.8 Å². The third kappa shape index (κ3) is 6.32. The third-order valence-electron chi connectivity index (χ3n) is 2.26. The third-order valence-corrected chi connectivity index (χ3v) is 2.26. The second-order valence-electron chi connectivity index (χ2n) is 3.54. The highest BCUT2D eigenvalue weighted by atomic mass is 127. The van der Waals surface area contributed by atoms with Crippen molar-refractivity contribution in [3.63, 3.8) is 0 Å². The highest BCUT2D eigenvalue weighted by Gasteiger charge is 2.10. The average molecular weight is 339 g/mol. The van der Waals surface area contributed by atoms with E-state index < -0.39 is 0 Å². The minimum atomic E-state index is 0. The van der Waals surface area contributed by atoms with Crippen molar-refractivity contribution < 1.29 is 4.74 Å². The fourth-order valence-electron chi connectivity index (χ4n) is 1.50. The van der Waals surface area contributed by atoms with Gasteiger partial charge in [-0.3, -0.25) is 4.99 Å². The van der Waals surface area contributed by atoms with Gasteiger partial charge in [0, 0.05) is 19.7 Å². The van der Waals surface area contributed by atoms with Gasteiger partial charge in [-0.15, -0.1) is 24.0 Å². The zero-order chi connectivity index (χ0) is 10.9. The number of nitrogens with one attached hydrogen (secondary N) is 2. The summed E-state index contributed by atoms with van der Waals surface area (Å²) in [6.45, 7) is 4.32. The van der Waals surface area contributed by atoms with Crippen LogP contribution in [0.1, 0.15) is 19.8 Å². The highest BCUT2D eigenvalue weighted by Crippen LogP contribution is 2.08. The molecule has 0 aromatic heterocycles. The zero-order valence-electron chi connectivity index (χ0n) is 10.0.